The number of alkyl halides is 3. The lowest BCUT2D eigenvalue weighted by molar-refractivity contribution is -0.137. The molecule has 1 atom stereocenters. The monoisotopic (exact) mass is 326 g/mol. The summed E-state index contributed by atoms with van der Waals surface area (Å²) in [5.41, 5.74) is 0.242. The molecular weight excluding hydrogens is 305 g/mol. The van der Waals surface area contributed by atoms with E-state index in [2.05, 4.69) is 16.8 Å². The number of likely N-dealkylation sites (tertiary alicyclic amines) is 1. The molecule has 0 radical (unpaired) electrons. The molecule has 1 aromatic rings. The van der Waals surface area contributed by atoms with Gasteiger partial charge >= 0.3 is 6.18 Å². The van der Waals surface area contributed by atoms with Crippen LogP contribution in [0.4, 0.5) is 13.2 Å². The molecular formula is C17H21F3N2O. The first-order valence-corrected chi connectivity index (χ1v) is 7.65. The van der Waals surface area contributed by atoms with Gasteiger partial charge < -0.3 is 5.32 Å². The number of carbonyl (C=O) groups is 1. The van der Waals surface area contributed by atoms with Gasteiger partial charge in [0.15, 0.2) is 0 Å². The Morgan fingerprint density at radius 3 is 2.35 bits per heavy atom. The fraction of sp³-hybridized carbons (Fsp3) is 0.471. The minimum Gasteiger partial charge on any atom is -0.350 e. The summed E-state index contributed by atoms with van der Waals surface area (Å²) >= 11 is 0. The summed E-state index contributed by atoms with van der Waals surface area (Å²) in [7, 11) is 0. The highest BCUT2D eigenvalue weighted by Gasteiger charge is 2.30. The number of piperidine rings is 1. The maximum absolute atomic E-state index is 12.6. The Kier molecular flexibility index (Phi) is 5.46. The van der Waals surface area contributed by atoms with Crippen molar-refractivity contribution in [2.75, 3.05) is 13.1 Å². The van der Waals surface area contributed by atoms with E-state index < -0.39 is 11.7 Å². The fourth-order valence-corrected chi connectivity index (χ4v) is 2.85. The van der Waals surface area contributed by atoms with Crippen molar-refractivity contribution < 1.29 is 18.0 Å². The van der Waals surface area contributed by atoms with Crippen LogP contribution in [0.25, 0.3) is 0 Å². The summed E-state index contributed by atoms with van der Waals surface area (Å²) in [6, 6.07) is 5.52. The van der Waals surface area contributed by atoms with Gasteiger partial charge in [0.05, 0.1) is 5.56 Å². The molecule has 3 nitrogen and oxygen atoms in total. The summed E-state index contributed by atoms with van der Waals surface area (Å²) < 4.78 is 37.8. The summed E-state index contributed by atoms with van der Waals surface area (Å²) in [6.45, 7) is 7.01. The van der Waals surface area contributed by atoms with E-state index in [4.69, 9.17) is 0 Å². The average molecular weight is 326 g/mol. The van der Waals surface area contributed by atoms with E-state index in [1.165, 1.54) is 6.08 Å². The van der Waals surface area contributed by atoms with Crippen molar-refractivity contribution in [1.29, 1.82) is 0 Å². The molecule has 1 N–H and O–H groups in total. The zero-order valence-corrected chi connectivity index (χ0v) is 13.1. The molecule has 0 bridgehead atoms. The van der Waals surface area contributed by atoms with Crippen LogP contribution in [-0.2, 0) is 11.0 Å². The molecule has 1 aliphatic heterocycles. The number of rotatable bonds is 4. The highest BCUT2D eigenvalue weighted by molar-refractivity contribution is 5.87. The number of amides is 1. The Balaban J connectivity index is 1.93. The van der Waals surface area contributed by atoms with Crippen LogP contribution in [0.2, 0.25) is 0 Å². The molecule has 23 heavy (non-hydrogen) atoms. The van der Waals surface area contributed by atoms with Crippen LogP contribution in [0, 0.1) is 0 Å². The van der Waals surface area contributed by atoms with Crippen LogP contribution in [0.1, 0.15) is 36.9 Å². The standard InChI is InChI=1S/C17H21F3N2O/c1-3-16(23)21-15-8-10-22(11-9-15)12(2)13-4-6-14(7-5-13)17(18,19)20/h3-7,12,15H,1,8-11H2,2H3,(H,21,23). The SMILES string of the molecule is C=CC(=O)NC1CCN(C(C)c2ccc(C(F)(F)F)cc2)CC1. The van der Waals surface area contributed by atoms with Crippen LogP contribution in [0.3, 0.4) is 0 Å². The zero-order valence-electron chi connectivity index (χ0n) is 13.1. The number of benzene rings is 1. The van der Waals surface area contributed by atoms with Crippen LogP contribution in [-0.4, -0.2) is 29.9 Å². The summed E-state index contributed by atoms with van der Waals surface area (Å²) in [6.07, 6.45) is -1.39. The van der Waals surface area contributed by atoms with Crippen LogP contribution in [0.15, 0.2) is 36.9 Å². The van der Waals surface area contributed by atoms with Crippen LogP contribution < -0.4 is 5.32 Å². The van der Waals surface area contributed by atoms with E-state index in [-0.39, 0.29) is 18.0 Å². The number of carbonyl (C=O) groups excluding carboxylic acids is 1. The topological polar surface area (TPSA) is 32.3 Å². The van der Waals surface area contributed by atoms with Gasteiger partial charge in [-0.2, -0.15) is 13.2 Å². The van der Waals surface area contributed by atoms with Crippen molar-refractivity contribution in [3.63, 3.8) is 0 Å². The van der Waals surface area contributed by atoms with Crippen molar-refractivity contribution in [2.45, 2.75) is 38.0 Å². The lowest BCUT2D eigenvalue weighted by Crippen LogP contribution is -2.44. The molecule has 1 fully saturated rings. The number of halogens is 3. The Morgan fingerprint density at radius 1 is 1.30 bits per heavy atom. The highest BCUT2D eigenvalue weighted by Crippen LogP contribution is 2.31. The lowest BCUT2D eigenvalue weighted by Gasteiger charge is -2.36. The van der Waals surface area contributed by atoms with Crippen LogP contribution in [0.5, 0.6) is 0 Å². The number of nitrogens with one attached hydrogen (secondary N) is 1. The van der Waals surface area contributed by atoms with Crippen molar-refractivity contribution >= 4 is 5.91 Å². The lowest BCUT2D eigenvalue weighted by atomic mass is 9.99. The van der Waals surface area contributed by atoms with Crippen molar-refractivity contribution in [3.05, 3.63) is 48.0 Å². The second kappa shape index (κ2) is 7.17. The van der Waals surface area contributed by atoms with Gasteiger partial charge in [0.1, 0.15) is 0 Å². The molecule has 2 rings (SSSR count). The third kappa shape index (κ3) is 4.58. The molecule has 126 valence electrons. The molecule has 0 saturated carbocycles. The molecule has 6 heteroatoms. The molecule has 1 saturated heterocycles. The first-order chi connectivity index (χ1) is 10.8. The van der Waals surface area contributed by atoms with Crippen molar-refractivity contribution in [1.82, 2.24) is 10.2 Å². The maximum Gasteiger partial charge on any atom is 0.416 e. The Labute approximate surface area is 134 Å². The van der Waals surface area contributed by atoms with Crippen LogP contribution >= 0.6 is 0 Å². The zero-order chi connectivity index (χ0) is 17.0. The summed E-state index contributed by atoms with van der Waals surface area (Å²) in [5.74, 6) is -0.167. The van der Waals surface area contributed by atoms with Gasteiger partial charge in [0, 0.05) is 25.2 Å². The van der Waals surface area contributed by atoms with E-state index in [0.717, 1.165) is 43.6 Å². The summed E-state index contributed by atoms with van der Waals surface area (Å²) in [4.78, 5) is 13.5. The van der Waals surface area contributed by atoms with E-state index in [1.807, 2.05) is 6.92 Å². The predicted molar refractivity (Wildman–Crippen MR) is 82.8 cm³/mol. The smallest absolute Gasteiger partial charge is 0.350 e. The molecule has 1 heterocycles. The molecule has 1 aliphatic rings. The first-order valence-electron chi connectivity index (χ1n) is 7.65. The normalized spacial score (nSPS) is 18.4. The van der Waals surface area contributed by atoms with Crippen molar-refractivity contribution in [3.8, 4) is 0 Å². The highest BCUT2D eigenvalue weighted by atomic mass is 19.4. The third-order valence-corrected chi connectivity index (χ3v) is 4.33. The summed E-state index contributed by atoms with van der Waals surface area (Å²) in [5, 5.41) is 2.88. The van der Waals surface area contributed by atoms with Gasteiger partial charge in [-0.3, -0.25) is 9.69 Å². The maximum atomic E-state index is 12.6. The molecule has 0 aliphatic carbocycles. The number of hydrogen-bond acceptors (Lipinski definition) is 2. The largest absolute Gasteiger partial charge is 0.416 e. The van der Waals surface area contributed by atoms with Gasteiger partial charge in [0.25, 0.3) is 0 Å². The number of hydrogen-bond donors (Lipinski definition) is 1. The molecule has 1 amide bonds. The van der Waals surface area contributed by atoms with E-state index in [1.54, 1.807) is 12.1 Å². The van der Waals surface area contributed by atoms with Gasteiger partial charge in [0.2, 0.25) is 5.91 Å². The minimum atomic E-state index is -4.30. The third-order valence-electron chi connectivity index (χ3n) is 4.33. The Hall–Kier alpha value is -1.82. The van der Waals surface area contributed by atoms with E-state index in [0.29, 0.717) is 0 Å². The fourth-order valence-electron chi connectivity index (χ4n) is 2.85. The van der Waals surface area contributed by atoms with Crippen molar-refractivity contribution in [2.24, 2.45) is 0 Å². The number of nitrogens with zero attached hydrogens (tertiary/aromatic N) is 1. The quantitative estimate of drug-likeness (QED) is 0.859. The molecule has 0 aromatic heterocycles. The minimum absolute atomic E-state index is 0.0494. The first kappa shape index (κ1) is 17.5. The second-order valence-electron chi connectivity index (χ2n) is 5.82. The second-order valence-corrected chi connectivity index (χ2v) is 5.82. The Morgan fingerprint density at radius 2 is 1.87 bits per heavy atom. The van der Waals surface area contributed by atoms with E-state index in [9.17, 15) is 18.0 Å². The van der Waals surface area contributed by atoms with E-state index >= 15 is 0 Å². The molecule has 0 spiro atoms. The molecule has 1 aromatic carbocycles. The molecule has 1 unspecified atom stereocenters. The van der Waals surface area contributed by atoms with Gasteiger partial charge in [-0.15, -0.1) is 0 Å². The Bertz CT molecular complexity index is 546. The van der Waals surface area contributed by atoms with Gasteiger partial charge in [-0.25, -0.2) is 0 Å². The predicted octanol–water partition coefficient (Wildman–Crippen LogP) is 3.53. The average Bonchev–Trinajstić information content (AvgIpc) is 2.54. The van der Waals surface area contributed by atoms with Gasteiger partial charge in [-0.05, 0) is 43.5 Å². The van der Waals surface area contributed by atoms with Gasteiger partial charge in [-0.1, -0.05) is 18.7 Å².